The molecule has 2 aromatic heterocycles. The van der Waals surface area contributed by atoms with Gasteiger partial charge in [0.2, 0.25) is 5.95 Å². The van der Waals surface area contributed by atoms with Gasteiger partial charge in [-0.05, 0) is 37.1 Å². The maximum Gasteiger partial charge on any atom is 0.275 e. The van der Waals surface area contributed by atoms with E-state index in [1.165, 1.54) is 4.40 Å². The number of nitrogens with zero attached hydrogens (tertiary/aromatic N) is 2. The van der Waals surface area contributed by atoms with Gasteiger partial charge in [0.05, 0.1) is 11.6 Å². The number of imidazole rings is 1. The number of β-amino-alcohol motifs (C(OH)–C–C–N with tert-alkyl or cyclic N) is 1. The first kappa shape index (κ1) is 20.3. The average Bonchev–Trinajstić information content (AvgIpc) is 3.01. The van der Waals surface area contributed by atoms with E-state index in [9.17, 15) is 14.3 Å². The molecule has 8 heteroatoms. The summed E-state index contributed by atoms with van der Waals surface area (Å²) in [6.07, 6.45) is 1.23. The molecule has 0 aliphatic carbocycles. The summed E-state index contributed by atoms with van der Waals surface area (Å²) < 4.78 is 16.1. The number of amides is 1. The molecule has 1 aliphatic rings. The Hall–Kier alpha value is -2.48. The van der Waals surface area contributed by atoms with Gasteiger partial charge in [-0.2, -0.15) is 4.39 Å². The SMILES string of the molecule is Cc1ccc2nc(C(=O)N[C@@]3(c4ccccc4)CCNC[C@H]3O)c(F)n2c1.Cl. The quantitative estimate of drug-likeness (QED) is 0.625. The molecule has 0 spiro atoms. The summed E-state index contributed by atoms with van der Waals surface area (Å²) in [6, 6.07) is 12.8. The number of pyridine rings is 1. The van der Waals surface area contributed by atoms with E-state index in [0.717, 1.165) is 11.1 Å². The number of hydrogen-bond donors (Lipinski definition) is 3. The van der Waals surface area contributed by atoms with Crippen LogP contribution in [-0.4, -0.2) is 39.6 Å². The molecular weight excluding hydrogens is 383 g/mol. The summed E-state index contributed by atoms with van der Waals surface area (Å²) in [5, 5.41) is 16.7. The highest BCUT2D eigenvalue weighted by atomic mass is 35.5. The van der Waals surface area contributed by atoms with Gasteiger partial charge in [0.25, 0.3) is 5.91 Å². The normalized spacial score (nSPS) is 21.9. The molecule has 0 saturated carbocycles. The predicted molar refractivity (Wildman–Crippen MR) is 106 cm³/mol. The number of rotatable bonds is 3. The second-order valence-corrected chi connectivity index (χ2v) is 6.95. The van der Waals surface area contributed by atoms with Gasteiger partial charge in [0, 0.05) is 12.7 Å². The first-order valence-electron chi connectivity index (χ1n) is 8.92. The molecule has 1 aliphatic heterocycles. The van der Waals surface area contributed by atoms with Gasteiger partial charge in [-0.15, -0.1) is 12.4 Å². The van der Waals surface area contributed by atoms with Crippen LogP contribution in [0.2, 0.25) is 0 Å². The minimum Gasteiger partial charge on any atom is -0.389 e. The van der Waals surface area contributed by atoms with Gasteiger partial charge in [-0.3, -0.25) is 9.20 Å². The smallest absolute Gasteiger partial charge is 0.275 e. The lowest BCUT2D eigenvalue weighted by Gasteiger charge is -2.42. The fraction of sp³-hybridized carbons (Fsp3) is 0.300. The van der Waals surface area contributed by atoms with Crippen LogP contribution in [0.25, 0.3) is 5.65 Å². The Bertz CT molecular complexity index is 995. The van der Waals surface area contributed by atoms with Crippen LogP contribution < -0.4 is 10.6 Å². The zero-order valence-electron chi connectivity index (χ0n) is 15.4. The molecule has 0 bridgehead atoms. The molecule has 0 unspecified atom stereocenters. The van der Waals surface area contributed by atoms with E-state index in [1.807, 2.05) is 43.3 Å². The molecule has 3 N–H and O–H groups in total. The molecule has 1 aromatic carbocycles. The van der Waals surface area contributed by atoms with Crippen LogP contribution in [0.4, 0.5) is 4.39 Å². The second-order valence-electron chi connectivity index (χ2n) is 6.95. The van der Waals surface area contributed by atoms with Crippen molar-refractivity contribution < 1.29 is 14.3 Å². The van der Waals surface area contributed by atoms with E-state index < -0.39 is 23.5 Å². The molecule has 148 valence electrons. The lowest BCUT2D eigenvalue weighted by atomic mass is 9.79. The highest BCUT2D eigenvalue weighted by Gasteiger charge is 2.43. The van der Waals surface area contributed by atoms with Crippen LogP contribution in [0.1, 0.15) is 28.0 Å². The number of aliphatic hydroxyl groups is 1. The minimum absolute atomic E-state index is 0. The molecule has 2 atom stereocenters. The number of aryl methyl sites for hydroxylation is 1. The Labute approximate surface area is 168 Å². The number of benzene rings is 1. The number of carbonyl (C=O) groups excluding carboxylic acids is 1. The van der Waals surface area contributed by atoms with Crippen molar-refractivity contribution >= 4 is 24.0 Å². The largest absolute Gasteiger partial charge is 0.389 e. The molecule has 3 aromatic rings. The summed E-state index contributed by atoms with van der Waals surface area (Å²) >= 11 is 0. The van der Waals surface area contributed by atoms with Gasteiger partial charge in [0.15, 0.2) is 5.69 Å². The van der Waals surface area contributed by atoms with Crippen LogP contribution in [0.15, 0.2) is 48.7 Å². The zero-order valence-corrected chi connectivity index (χ0v) is 16.2. The highest BCUT2D eigenvalue weighted by Crippen LogP contribution is 2.31. The fourth-order valence-corrected chi connectivity index (χ4v) is 3.68. The van der Waals surface area contributed by atoms with Gasteiger partial charge in [0.1, 0.15) is 5.65 Å². The first-order valence-corrected chi connectivity index (χ1v) is 8.92. The van der Waals surface area contributed by atoms with Crippen LogP contribution in [0, 0.1) is 12.9 Å². The van der Waals surface area contributed by atoms with Crippen molar-refractivity contribution in [1.82, 2.24) is 20.0 Å². The summed E-state index contributed by atoms with van der Waals surface area (Å²) in [5.41, 5.74) is 0.735. The standard InChI is InChI=1S/C20H21FN4O2.ClH/c1-13-7-8-16-23-17(18(21)25(16)12-13)19(27)24-20(9-10-22-11-15(20)26)14-5-3-2-4-6-14;/h2-8,12,15,22,26H,9-11H2,1H3,(H,24,27);1H/t15-,20-;/m1./s1. The van der Waals surface area contributed by atoms with E-state index in [0.29, 0.717) is 25.2 Å². The molecule has 1 saturated heterocycles. The van der Waals surface area contributed by atoms with Crippen LogP contribution >= 0.6 is 12.4 Å². The zero-order chi connectivity index (χ0) is 19.0. The van der Waals surface area contributed by atoms with Crippen LogP contribution in [0.3, 0.4) is 0 Å². The molecule has 1 fully saturated rings. The van der Waals surface area contributed by atoms with Gasteiger partial charge < -0.3 is 15.7 Å². The summed E-state index contributed by atoms with van der Waals surface area (Å²) in [7, 11) is 0. The molecule has 1 amide bonds. The second kappa shape index (κ2) is 7.87. The maximum absolute atomic E-state index is 14.8. The lowest BCUT2D eigenvalue weighted by molar-refractivity contribution is 0.0286. The van der Waals surface area contributed by atoms with E-state index in [1.54, 1.807) is 12.3 Å². The van der Waals surface area contributed by atoms with Crippen molar-refractivity contribution in [1.29, 1.82) is 0 Å². The number of fused-ring (bicyclic) bond motifs is 1. The number of nitrogens with one attached hydrogen (secondary N) is 2. The van der Waals surface area contributed by atoms with Gasteiger partial charge >= 0.3 is 0 Å². The number of hydrogen-bond acceptors (Lipinski definition) is 4. The molecule has 6 nitrogen and oxygen atoms in total. The Morgan fingerprint density at radius 1 is 1.32 bits per heavy atom. The van der Waals surface area contributed by atoms with Crippen molar-refractivity contribution in [2.24, 2.45) is 0 Å². The lowest BCUT2D eigenvalue weighted by Crippen LogP contribution is -2.61. The Morgan fingerprint density at radius 2 is 2.07 bits per heavy atom. The molecule has 4 rings (SSSR count). The summed E-state index contributed by atoms with van der Waals surface area (Å²) in [5.74, 6) is -1.35. The third-order valence-electron chi connectivity index (χ3n) is 5.15. The number of carbonyl (C=O) groups is 1. The average molecular weight is 405 g/mol. The summed E-state index contributed by atoms with van der Waals surface area (Å²) in [6.45, 7) is 2.80. The maximum atomic E-state index is 14.8. The van der Waals surface area contributed by atoms with E-state index in [2.05, 4.69) is 15.6 Å². The number of halogens is 2. The molecule has 0 radical (unpaired) electrons. The van der Waals surface area contributed by atoms with Crippen molar-refractivity contribution in [2.45, 2.75) is 25.0 Å². The Morgan fingerprint density at radius 3 is 2.79 bits per heavy atom. The number of piperidine rings is 1. The summed E-state index contributed by atoms with van der Waals surface area (Å²) in [4.78, 5) is 17.1. The third kappa shape index (κ3) is 3.37. The number of aliphatic hydroxyl groups excluding tert-OH is 1. The minimum atomic E-state index is -0.998. The topological polar surface area (TPSA) is 78.7 Å². The predicted octanol–water partition coefficient (Wildman–Crippen LogP) is 2.18. The Kier molecular flexibility index (Phi) is 5.69. The number of aromatic nitrogens is 2. The van der Waals surface area contributed by atoms with E-state index >= 15 is 0 Å². The molecular formula is C20H22ClFN4O2. The van der Waals surface area contributed by atoms with E-state index in [4.69, 9.17) is 0 Å². The highest BCUT2D eigenvalue weighted by molar-refractivity contribution is 5.94. The van der Waals surface area contributed by atoms with Crippen molar-refractivity contribution in [2.75, 3.05) is 13.1 Å². The van der Waals surface area contributed by atoms with Gasteiger partial charge in [-0.25, -0.2) is 4.98 Å². The van der Waals surface area contributed by atoms with Crippen molar-refractivity contribution in [3.63, 3.8) is 0 Å². The van der Waals surface area contributed by atoms with Crippen LogP contribution in [0.5, 0.6) is 0 Å². The molecule has 28 heavy (non-hydrogen) atoms. The van der Waals surface area contributed by atoms with Crippen LogP contribution in [-0.2, 0) is 5.54 Å². The fourth-order valence-electron chi connectivity index (χ4n) is 3.68. The van der Waals surface area contributed by atoms with Crippen molar-refractivity contribution in [3.8, 4) is 0 Å². The first-order chi connectivity index (χ1) is 13.0. The van der Waals surface area contributed by atoms with Crippen molar-refractivity contribution in [3.05, 3.63) is 71.4 Å². The van der Waals surface area contributed by atoms with Gasteiger partial charge in [-0.1, -0.05) is 36.4 Å². The Balaban J connectivity index is 0.00000225. The third-order valence-corrected chi connectivity index (χ3v) is 5.15. The van der Waals surface area contributed by atoms with E-state index in [-0.39, 0.29) is 18.1 Å². The monoisotopic (exact) mass is 404 g/mol. The molecule has 3 heterocycles.